The van der Waals surface area contributed by atoms with Crippen LogP contribution in [0.25, 0.3) is 0 Å². The van der Waals surface area contributed by atoms with Crippen molar-refractivity contribution in [3.63, 3.8) is 0 Å². The third-order valence-electron chi connectivity index (χ3n) is 3.16. The Labute approximate surface area is 135 Å². The Morgan fingerprint density at radius 3 is 2.43 bits per heavy atom. The number of nitrogens with one attached hydrogen (secondary N) is 1. The summed E-state index contributed by atoms with van der Waals surface area (Å²) in [4.78, 5) is 12.0. The SMILES string of the molecule is COc1ccc(C(=O)NCc2ccc(OC(C)C)c(F)c2)cc1. The molecule has 0 unspecified atom stereocenters. The highest BCUT2D eigenvalue weighted by Gasteiger charge is 2.09. The first-order valence-electron chi connectivity index (χ1n) is 7.37. The van der Waals surface area contributed by atoms with Crippen LogP contribution in [-0.4, -0.2) is 19.1 Å². The summed E-state index contributed by atoms with van der Waals surface area (Å²) in [6.07, 6.45) is -0.0925. The zero-order valence-corrected chi connectivity index (χ0v) is 13.4. The Morgan fingerprint density at radius 1 is 1.17 bits per heavy atom. The van der Waals surface area contributed by atoms with Crippen LogP contribution in [0.3, 0.4) is 0 Å². The van der Waals surface area contributed by atoms with Crippen molar-refractivity contribution in [3.8, 4) is 11.5 Å². The van der Waals surface area contributed by atoms with Gasteiger partial charge < -0.3 is 14.8 Å². The van der Waals surface area contributed by atoms with E-state index in [-0.39, 0.29) is 24.3 Å². The van der Waals surface area contributed by atoms with Crippen LogP contribution in [0.4, 0.5) is 4.39 Å². The molecule has 0 bridgehead atoms. The van der Waals surface area contributed by atoms with Crippen molar-refractivity contribution in [1.29, 1.82) is 0 Å². The lowest BCUT2D eigenvalue weighted by Gasteiger charge is -2.12. The van der Waals surface area contributed by atoms with Crippen molar-refractivity contribution in [2.24, 2.45) is 0 Å². The molecule has 2 aromatic rings. The lowest BCUT2D eigenvalue weighted by Crippen LogP contribution is -2.22. The molecule has 0 saturated heterocycles. The van der Waals surface area contributed by atoms with Gasteiger partial charge in [0.15, 0.2) is 11.6 Å². The Bertz CT molecular complexity index is 668. The largest absolute Gasteiger partial charge is 0.497 e. The minimum absolute atomic E-state index is 0.0925. The van der Waals surface area contributed by atoms with Gasteiger partial charge in [0.05, 0.1) is 13.2 Å². The van der Waals surface area contributed by atoms with E-state index >= 15 is 0 Å². The number of amides is 1. The highest BCUT2D eigenvalue weighted by Crippen LogP contribution is 2.19. The minimum atomic E-state index is -0.435. The Morgan fingerprint density at radius 2 is 1.87 bits per heavy atom. The van der Waals surface area contributed by atoms with E-state index in [2.05, 4.69) is 5.32 Å². The van der Waals surface area contributed by atoms with Crippen molar-refractivity contribution in [2.45, 2.75) is 26.5 Å². The zero-order chi connectivity index (χ0) is 16.8. The standard InChI is InChI=1S/C18H20FNO3/c1-12(2)23-17-9-4-13(10-16(17)19)11-20-18(21)14-5-7-15(22-3)8-6-14/h4-10,12H,11H2,1-3H3,(H,20,21). The van der Waals surface area contributed by atoms with Gasteiger partial charge in [-0.2, -0.15) is 0 Å². The highest BCUT2D eigenvalue weighted by molar-refractivity contribution is 5.94. The van der Waals surface area contributed by atoms with Crippen molar-refractivity contribution in [1.82, 2.24) is 5.32 Å². The number of halogens is 1. The molecular weight excluding hydrogens is 297 g/mol. The van der Waals surface area contributed by atoms with E-state index in [1.807, 2.05) is 13.8 Å². The molecule has 4 nitrogen and oxygen atoms in total. The highest BCUT2D eigenvalue weighted by atomic mass is 19.1. The third-order valence-corrected chi connectivity index (χ3v) is 3.16. The second-order valence-corrected chi connectivity index (χ2v) is 5.34. The molecule has 1 amide bonds. The summed E-state index contributed by atoms with van der Waals surface area (Å²) < 4.78 is 24.3. The molecule has 0 radical (unpaired) electrons. The number of carbonyl (C=O) groups is 1. The Kier molecular flexibility index (Phi) is 5.57. The predicted molar refractivity (Wildman–Crippen MR) is 86.3 cm³/mol. The first kappa shape index (κ1) is 16.8. The van der Waals surface area contributed by atoms with E-state index in [4.69, 9.17) is 9.47 Å². The van der Waals surface area contributed by atoms with E-state index in [1.165, 1.54) is 6.07 Å². The summed E-state index contributed by atoms with van der Waals surface area (Å²) in [6.45, 7) is 3.91. The summed E-state index contributed by atoms with van der Waals surface area (Å²) in [6, 6.07) is 11.5. The van der Waals surface area contributed by atoms with Crippen LogP contribution in [0.15, 0.2) is 42.5 Å². The molecule has 0 saturated carbocycles. The summed E-state index contributed by atoms with van der Waals surface area (Å²) in [5.41, 5.74) is 1.19. The number of hydrogen-bond acceptors (Lipinski definition) is 3. The molecule has 2 rings (SSSR count). The molecule has 122 valence electrons. The van der Waals surface area contributed by atoms with Crippen LogP contribution in [0.1, 0.15) is 29.8 Å². The molecule has 23 heavy (non-hydrogen) atoms. The van der Waals surface area contributed by atoms with Gasteiger partial charge >= 0.3 is 0 Å². The van der Waals surface area contributed by atoms with Crippen LogP contribution in [-0.2, 0) is 6.54 Å². The molecule has 2 aromatic carbocycles. The molecule has 0 fully saturated rings. The third kappa shape index (κ3) is 4.71. The van der Waals surface area contributed by atoms with Crippen molar-refractivity contribution < 1.29 is 18.7 Å². The van der Waals surface area contributed by atoms with Gasteiger partial charge in [-0.1, -0.05) is 6.07 Å². The quantitative estimate of drug-likeness (QED) is 0.886. The van der Waals surface area contributed by atoms with Gasteiger partial charge in [-0.3, -0.25) is 4.79 Å². The summed E-state index contributed by atoms with van der Waals surface area (Å²) in [7, 11) is 1.57. The van der Waals surface area contributed by atoms with Crippen LogP contribution < -0.4 is 14.8 Å². The van der Waals surface area contributed by atoms with Crippen molar-refractivity contribution in [2.75, 3.05) is 7.11 Å². The van der Waals surface area contributed by atoms with E-state index in [9.17, 15) is 9.18 Å². The fourth-order valence-electron chi connectivity index (χ4n) is 2.03. The normalized spacial score (nSPS) is 10.5. The van der Waals surface area contributed by atoms with E-state index in [0.29, 0.717) is 16.9 Å². The van der Waals surface area contributed by atoms with Gasteiger partial charge in [-0.15, -0.1) is 0 Å². The molecule has 0 spiro atoms. The van der Waals surface area contributed by atoms with Gasteiger partial charge in [-0.25, -0.2) is 4.39 Å². The number of rotatable bonds is 6. The number of carbonyl (C=O) groups excluding carboxylic acids is 1. The van der Waals surface area contributed by atoms with E-state index < -0.39 is 5.82 Å². The molecule has 0 aliphatic rings. The molecule has 0 aliphatic carbocycles. The van der Waals surface area contributed by atoms with E-state index in [1.54, 1.807) is 43.5 Å². The van der Waals surface area contributed by atoms with Crippen LogP contribution in [0.2, 0.25) is 0 Å². The van der Waals surface area contributed by atoms with Gasteiger partial charge in [0.2, 0.25) is 0 Å². The maximum Gasteiger partial charge on any atom is 0.251 e. The minimum Gasteiger partial charge on any atom is -0.497 e. The maximum absolute atomic E-state index is 13.9. The van der Waals surface area contributed by atoms with E-state index in [0.717, 1.165) is 0 Å². The van der Waals surface area contributed by atoms with Gasteiger partial charge in [0.1, 0.15) is 5.75 Å². The molecule has 0 aliphatic heterocycles. The van der Waals surface area contributed by atoms with Gasteiger partial charge in [-0.05, 0) is 55.8 Å². The topological polar surface area (TPSA) is 47.6 Å². The average molecular weight is 317 g/mol. The predicted octanol–water partition coefficient (Wildman–Crippen LogP) is 3.55. The average Bonchev–Trinajstić information content (AvgIpc) is 2.54. The summed E-state index contributed by atoms with van der Waals surface area (Å²) >= 11 is 0. The molecule has 0 heterocycles. The lowest BCUT2D eigenvalue weighted by atomic mass is 10.1. The lowest BCUT2D eigenvalue weighted by molar-refractivity contribution is 0.0951. The molecule has 1 N–H and O–H groups in total. The van der Waals surface area contributed by atoms with Crippen LogP contribution >= 0.6 is 0 Å². The zero-order valence-electron chi connectivity index (χ0n) is 13.4. The fourth-order valence-corrected chi connectivity index (χ4v) is 2.03. The molecule has 0 atom stereocenters. The second kappa shape index (κ2) is 7.63. The monoisotopic (exact) mass is 317 g/mol. The first-order chi connectivity index (χ1) is 11.0. The fraction of sp³-hybridized carbons (Fsp3) is 0.278. The number of ether oxygens (including phenoxy) is 2. The molecule has 0 aromatic heterocycles. The number of methoxy groups -OCH3 is 1. The van der Waals surface area contributed by atoms with Crippen molar-refractivity contribution >= 4 is 5.91 Å². The van der Waals surface area contributed by atoms with Gasteiger partial charge in [0.25, 0.3) is 5.91 Å². The maximum atomic E-state index is 13.9. The second-order valence-electron chi connectivity index (χ2n) is 5.34. The summed E-state index contributed by atoms with van der Waals surface area (Å²) in [5.74, 6) is 0.236. The van der Waals surface area contributed by atoms with Crippen LogP contribution in [0.5, 0.6) is 11.5 Å². The number of hydrogen-bond donors (Lipinski definition) is 1. The van der Waals surface area contributed by atoms with Gasteiger partial charge in [0, 0.05) is 12.1 Å². The Balaban J connectivity index is 1.97. The number of benzene rings is 2. The van der Waals surface area contributed by atoms with Crippen molar-refractivity contribution in [3.05, 3.63) is 59.4 Å². The smallest absolute Gasteiger partial charge is 0.251 e. The van der Waals surface area contributed by atoms with Crippen LogP contribution in [0, 0.1) is 5.82 Å². The Hall–Kier alpha value is -2.56. The first-order valence-corrected chi connectivity index (χ1v) is 7.37. The summed E-state index contributed by atoms with van der Waals surface area (Å²) in [5, 5.41) is 2.75. The molecule has 5 heteroatoms. The molecular formula is C18H20FNO3.